The van der Waals surface area contributed by atoms with Crippen LogP contribution in [0, 0.1) is 26.6 Å². The number of aryl methyl sites for hydroxylation is 3. The number of benzene rings is 1. The van der Waals surface area contributed by atoms with Gasteiger partial charge in [0.2, 0.25) is 0 Å². The number of hydrogen-bond acceptors (Lipinski definition) is 2. The maximum Gasteiger partial charge on any atom is 0.146 e. The average molecular weight is 247 g/mol. The number of anilines is 1. The van der Waals surface area contributed by atoms with Gasteiger partial charge in [-0.25, -0.2) is 4.39 Å². The molecule has 0 spiro atoms. The van der Waals surface area contributed by atoms with Crippen LogP contribution in [0.1, 0.15) is 22.5 Å². The molecule has 0 saturated carbocycles. The first kappa shape index (κ1) is 12.6. The van der Waals surface area contributed by atoms with Crippen LogP contribution in [-0.2, 0) is 13.6 Å². The second-order valence-electron chi connectivity index (χ2n) is 4.61. The highest BCUT2D eigenvalue weighted by Gasteiger charge is 2.10. The zero-order valence-electron chi connectivity index (χ0n) is 11.2. The minimum atomic E-state index is -0.222. The molecule has 4 heteroatoms. The summed E-state index contributed by atoms with van der Waals surface area (Å²) in [5.41, 5.74) is 4.79. The third kappa shape index (κ3) is 2.37. The van der Waals surface area contributed by atoms with Crippen LogP contribution in [0.15, 0.2) is 18.2 Å². The molecule has 0 aliphatic heterocycles. The average Bonchev–Trinajstić information content (AvgIpc) is 2.55. The maximum absolute atomic E-state index is 13.6. The van der Waals surface area contributed by atoms with Crippen molar-refractivity contribution in [2.75, 3.05) is 5.32 Å². The SMILES string of the molecule is Cc1ccc(F)c(NCc2c(C)nn(C)c2C)c1. The van der Waals surface area contributed by atoms with Gasteiger partial charge in [-0.1, -0.05) is 6.07 Å². The predicted octanol–water partition coefficient (Wildman–Crippen LogP) is 3.10. The molecule has 1 aromatic carbocycles. The van der Waals surface area contributed by atoms with E-state index in [-0.39, 0.29) is 5.82 Å². The van der Waals surface area contributed by atoms with Gasteiger partial charge in [-0.15, -0.1) is 0 Å². The van der Waals surface area contributed by atoms with E-state index in [2.05, 4.69) is 10.4 Å². The molecule has 1 aromatic heterocycles. The molecule has 0 unspecified atom stereocenters. The van der Waals surface area contributed by atoms with Crippen molar-refractivity contribution in [2.45, 2.75) is 27.3 Å². The first-order chi connectivity index (χ1) is 8.49. The Morgan fingerprint density at radius 3 is 2.61 bits per heavy atom. The second kappa shape index (κ2) is 4.80. The summed E-state index contributed by atoms with van der Waals surface area (Å²) in [7, 11) is 1.92. The van der Waals surface area contributed by atoms with Crippen LogP contribution in [0.5, 0.6) is 0 Å². The Labute approximate surface area is 107 Å². The molecule has 2 rings (SSSR count). The van der Waals surface area contributed by atoms with E-state index in [0.717, 1.165) is 22.5 Å². The lowest BCUT2D eigenvalue weighted by Crippen LogP contribution is -2.04. The molecule has 1 heterocycles. The zero-order chi connectivity index (χ0) is 13.3. The van der Waals surface area contributed by atoms with Crippen molar-refractivity contribution in [1.29, 1.82) is 0 Å². The van der Waals surface area contributed by atoms with Crippen molar-refractivity contribution in [3.05, 3.63) is 46.5 Å². The Morgan fingerprint density at radius 1 is 1.28 bits per heavy atom. The summed E-state index contributed by atoms with van der Waals surface area (Å²) < 4.78 is 15.4. The first-order valence-corrected chi connectivity index (χ1v) is 5.98. The van der Waals surface area contributed by atoms with Crippen molar-refractivity contribution in [3.8, 4) is 0 Å². The molecular weight excluding hydrogens is 229 g/mol. The monoisotopic (exact) mass is 247 g/mol. The van der Waals surface area contributed by atoms with Crippen LogP contribution in [0.4, 0.5) is 10.1 Å². The van der Waals surface area contributed by atoms with Crippen molar-refractivity contribution in [3.63, 3.8) is 0 Å². The predicted molar refractivity (Wildman–Crippen MR) is 71.1 cm³/mol. The summed E-state index contributed by atoms with van der Waals surface area (Å²) >= 11 is 0. The molecule has 0 aliphatic carbocycles. The summed E-state index contributed by atoms with van der Waals surface area (Å²) in [6, 6.07) is 5.07. The van der Waals surface area contributed by atoms with Gasteiger partial charge in [-0.05, 0) is 38.5 Å². The number of hydrogen-bond donors (Lipinski definition) is 1. The molecular formula is C14H18FN3. The number of nitrogens with one attached hydrogen (secondary N) is 1. The third-order valence-electron chi connectivity index (χ3n) is 3.24. The van der Waals surface area contributed by atoms with E-state index in [9.17, 15) is 4.39 Å². The molecule has 1 N–H and O–H groups in total. The standard InChI is InChI=1S/C14H18FN3/c1-9-5-6-13(15)14(7-9)16-8-12-10(2)17-18(4)11(12)3/h5-7,16H,8H2,1-4H3. The van der Waals surface area contributed by atoms with Gasteiger partial charge in [0.1, 0.15) is 5.82 Å². The number of halogens is 1. The minimum Gasteiger partial charge on any atom is -0.378 e. The summed E-state index contributed by atoms with van der Waals surface area (Å²) in [5.74, 6) is -0.222. The van der Waals surface area contributed by atoms with E-state index in [1.54, 1.807) is 6.07 Å². The Bertz CT molecular complexity index is 573. The lowest BCUT2D eigenvalue weighted by molar-refractivity contribution is 0.629. The van der Waals surface area contributed by atoms with Gasteiger partial charge >= 0.3 is 0 Å². The summed E-state index contributed by atoms with van der Waals surface area (Å²) in [6.45, 7) is 6.53. The van der Waals surface area contributed by atoms with Crippen LogP contribution in [0.2, 0.25) is 0 Å². The van der Waals surface area contributed by atoms with Gasteiger partial charge in [0, 0.05) is 24.8 Å². The van der Waals surface area contributed by atoms with E-state index in [0.29, 0.717) is 12.2 Å². The smallest absolute Gasteiger partial charge is 0.146 e. The molecule has 18 heavy (non-hydrogen) atoms. The van der Waals surface area contributed by atoms with Crippen LogP contribution in [0.25, 0.3) is 0 Å². The normalized spacial score (nSPS) is 10.7. The summed E-state index contributed by atoms with van der Waals surface area (Å²) in [5, 5.41) is 7.48. The van der Waals surface area contributed by atoms with Crippen molar-refractivity contribution in [1.82, 2.24) is 9.78 Å². The fourth-order valence-electron chi connectivity index (χ4n) is 2.03. The van der Waals surface area contributed by atoms with Gasteiger partial charge in [-0.3, -0.25) is 4.68 Å². The lowest BCUT2D eigenvalue weighted by atomic mass is 10.1. The Morgan fingerprint density at radius 2 is 2.00 bits per heavy atom. The van der Waals surface area contributed by atoms with Crippen LogP contribution in [0.3, 0.4) is 0 Å². The van der Waals surface area contributed by atoms with Crippen molar-refractivity contribution < 1.29 is 4.39 Å². The highest BCUT2D eigenvalue weighted by atomic mass is 19.1. The molecule has 0 amide bonds. The van der Waals surface area contributed by atoms with E-state index in [1.165, 1.54) is 6.07 Å². The molecule has 0 radical (unpaired) electrons. The quantitative estimate of drug-likeness (QED) is 0.903. The minimum absolute atomic E-state index is 0.222. The van der Waals surface area contributed by atoms with Gasteiger partial charge in [0.05, 0.1) is 11.4 Å². The van der Waals surface area contributed by atoms with E-state index in [4.69, 9.17) is 0 Å². The highest BCUT2D eigenvalue weighted by Crippen LogP contribution is 2.18. The summed E-state index contributed by atoms with van der Waals surface area (Å²) in [6.07, 6.45) is 0. The number of rotatable bonds is 3. The largest absolute Gasteiger partial charge is 0.378 e. The van der Waals surface area contributed by atoms with Gasteiger partial charge in [0.15, 0.2) is 0 Å². The number of nitrogens with zero attached hydrogens (tertiary/aromatic N) is 2. The molecule has 0 bridgehead atoms. The zero-order valence-corrected chi connectivity index (χ0v) is 11.2. The van der Waals surface area contributed by atoms with E-state index < -0.39 is 0 Å². The maximum atomic E-state index is 13.6. The van der Waals surface area contributed by atoms with Crippen molar-refractivity contribution >= 4 is 5.69 Å². The Hall–Kier alpha value is -1.84. The topological polar surface area (TPSA) is 29.9 Å². The summed E-state index contributed by atoms with van der Waals surface area (Å²) in [4.78, 5) is 0. The lowest BCUT2D eigenvalue weighted by Gasteiger charge is -2.09. The van der Waals surface area contributed by atoms with Crippen LogP contribution >= 0.6 is 0 Å². The fraction of sp³-hybridized carbons (Fsp3) is 0.357. The van der Waals surface area contributed by atoms with Crippen molar-refractivity contribution in [2.24, 2.45) is 7.05 Å². The highest BCUT2D eigenvalue weighted by molar-refractivity contribution is 5.48. The molecule has 0 atom stereocenters. The van der Waals surface area contributed by atoms with Gasteiger partial charge in [0.25, 0.3) is 0 Å². The van der Waals surface area contributed by atoms with Crippen LogP contribution < -0.4 is 5.32 Å². The molecule has 0 aliphatic rings. The Balaban J connectivity index is 2.19. The van der Waals surface area contributed by atoms with Gasteiger partial charge < -0.3 is 5.32 Å². The molecule has 2 aromatic rings. The molecule has 0 fully saturated rings. The van der Waals surface area contributed by atoms with E-state index in [1.807, 2.05) is 38.6 Å². The fourth-order valence-corrected chi connectivity index (χ4v) is 2.03. The first-order valence-electron chi connectivity index (χ1n) is 5.98. The Kier molecular flexibility index (Phi) is 3.36. The molecule has 0 saturated heterocycles. The van der Waals surface area contributed by atoms with Gasteiger partial charge in [-0.2, -0.15) is 5.10 Å². The third-order valence-corrected chi connectivity index (χ3v) is 3.24. The van der Waals surface area contributed by atoms with Crippen LogP contribution in [-0.4, -0.2) is 9.78 Å². The second-order valence-corrected chi connectivity index (χ2v) is 4.61. The molecule has 96 valence electrons. The van der Waals surface area contributed by atoms with E-state index >= 15 is 0 Å². The molecule has 3 nitrogen and oxygen atoms in total. The number of aromatic nitrogens is 2.